The maximum absolute atomic E-state index is 12.0. The number of rotatable bonds is 5. The predicted molar refractivity (Wildman–Crippen MR) is 66.3 cm³/mol. The molecule has 1 heterocycles. The summed E-state index contributed by atoms with van der Waals surface area (Å²) in [4.78, 5) is 4.10. The fourth-order valence-electron chi connectivity index (χ4n) is 1.48. The van der Waals surface area contributed by atoms with E-state index in [2.05, 4.69) is 9.71 Å². The lowest BCUT2D eigenvalue weighted by Crippen LogP contribution is -2.23. The lowest BCUT2D eigenvalue weighted by atomic mass is 10.2. The molecule has 1 aromatic heterocycles. The normalized spacial score (nSPS) is 11.6. The Kier molecular flexibility index (Phi) is 3.78. The number of hydrogen-bond donors (Lipinski definition) is 1. The molecule has 0 aliphatic carbocycles. The zero-order valence-corrected chi connectivity index (χ0v) is 10.8. The Labute approximate surface area is 106 Å². The summed E-state index contributed by atoms with van der Waals surface area (Å²) < 4.78 is 31.1. The van der Waals surface area contributed by atoms with Crippen molar-refractivity contribution < 1.29 is 12.8 Å². The van der Waals surface area contributed by atoms with Gasteiger partial charge in [-0.25, -0.2) is 18.1 Å². The standard InChI is InChI=1S/C12H14N2O3S/c1-2-10-3-5-12(6-4-10)18(15,16)14-7-11-8-17-9-13-11/h3-6,8-9,14H,2,7H2,1H3. The van der Waals surface area contributed by atoms with Gasteiger partial charge in [-0.05, 0) is 24.1 Å². The molecular weight excluding hydrogens is 252 g/mol. The molecule has 0 aliphatic heterocycles. The molecule has 0 spiro atoms. The van der Waals surface area contributed by atoms with Gasteiger partial charge in [0.2, 0.25) is 10.0 Å². The van der Waals surface area contributed by atoms with Gasteiger partial charge in [0.05, 0.1) is 17.1 Å². The van der Waals surface area contributed by atoms with Crippen LogP contribution >= 0.6 is 0 Å². The first-order valence-electron chi connectivity index (χ1n) is 5.57. The van der Waals surface area contributed by atoms with Gasteiger partial charge < -0.3 is 4.42 Å². The first-order chi connectivity index (χ1) is 8.62. The Morgan fingerprint density at radius 3 is 2.56 bits per heavy atom. The van der Waals surface area contributed by atoms with E-state index in [4.69, 9.17) is 4.42 Å². The summed E-state index contributed by atoms with van der Waals surface area (Å²) in [6.45, 7) is 2.14. The largest absolute Gasteiger partial charge is 0.451 e. The van der Waals surface area contributed by atoms with Crippen molar-refractivity contribution in [3.8, 4) is 0 Å². The first-order valence-corrected chi connectivity index (χ1v) is 7.06. The molecule has 1 N–H and O–H groups in total. The van der Waals surface area contributed by atoms with E-state index in [1.165, 1.54) is 12.7 Å². The molecule has 5 nitrogen and oxygen atoms in total. The minimum Gasteiger partial charge on any atom is -0.451 e. The van der Waals surface area contributed by atoms with Crippen molar-refractivity contribution in [3.63, 3.8) is 0 Å². The minimum atomic E-state index is -3.49. The van der Waals surface area contributed by atoms with Crippen molar-refractivity contribution in [2.24, 2.45) is 0 Å². The third kappa shape index (κ3) is 2.96. The fraction of sp³-hybridized carbons (Fsp3) is 0.250. The number of benzene rings is 1. The molecule has 0 radical (unpaired) electrons. The van der Waals surface area contributed by atoms with E-state index in [1.54, 1.807) is 12.1 Å². The number of hydrogen-bond acceptors (Lipinski definition) is 4. The van der Waals surface area contributed by atoms with Crippen LogP contribution < -0.4 is 4.72 Å². The maximum Gasteiger partial charge on any atom is 0.240 e. The summed E-state index contributed by atoms with van der Waals surface area (Å²) in [5.74, 6) is 0. The summed E-state index contributed by atoms with van der Waals surface area (Å²) in [6.07, 6.45) is 3.55. The fourth-order valence-corrected chi connectivity index (χ4v) is 2.48. The molecule has 1 aromatic carbocycles. The maximum atomic E-state index is 12.0. The van der Waals surface area contributed by atoms with Crippen molar-refractivity contribution >= 4 is 10.0 Å². The van der Waals surface area contributed by atoms with Gasteiger partial charge >= 0.3 is 0 Å². The van der Waals surface area contributed by atoms with Crippen molar-refractivity contribution in [3.05, 3.63) is 48.2 Å². The third-order valence-corrected chi connectivity index (χ3v) is 3.99. The van der Waals surface area contributed by atoms with Crippen LogP contribution in [-0.4, -0.2) is 13.4 Å². The molecule has 18 heavy (non-hydrogen) atoms. The molecule has 0 amide bonds. The van der Waals surface area contributed by atoms with Crippen molar-refractivity contribution in [1.82, 2.24) is 9.71 Å². The Bertz CT molecular complexity index is 589. The van der Waals surface area contributed by atoms with Crippen molar-refractivity contribution in [2.45, 2.75) is 24.8 Å². The number of aromatic nitrogens is 1. The van der Waals surface area contributed by atoms with Crippen LogP contribution in [0.4, 0.5) is 0 Å². The summed E-state index contributed by atoms with van der Waals surface area (Å²) in [5.41, 5.74) is 1.65. The number of nitrogens with zero attached hydrogens (tertiary/aromatic N) is 1. The molecule has 0 saturated carbocycles. The lowest BCUT2D eigenvalue weighted by Gasteiger charge is -2.05. The summed E-state index contributed by atoms with van der Waals surface area (Å²) in [6, 6.07) is 6.82. The highest BCUT2D eigenvalue weighted by Gasteiger charge is 2.13. The molecular formula is C12H14N2O3S. The zero-order valence-electron chi connectivity index (χ0n) is 9.96. The minimum absolute atomic E-state index is 0.119. The van der Waals surface area contributed by atoms with Gasteiger partial charge in [0.1, 0.15) is 6.26 Å². The number of aryl methyl sites for hydroxylation is 1. The molecule has 0 saturated heterocycles. The van der Waals surface area contributed by atoms with Crippen LogP contribution in [0.25, 0.3) is 0 Å². The van der Waals surface area contributed by atoms with E-state index in [0.29, 0.717) is 5.69 Å². The smallest absolute Gasteiger partial charge is 0.240 e. The summed E-state index contributed by atoms with van der Waals surface area (Å²) >= 11 is 0. The second-order valence-electron chi connectivity index (χ2n) is 3.80. The molecule has 0 fully saturated rings. The zero-order chi connectivity index (χ0) is 13.0. The van der Waals surface area contributed by atoms with E-state index in [9.17, 15) is 8.42 Å². The quantitative estimate of drug-likeness (QED) is 0.894. The van der Waals surface area contributed by atoms with E-state index >= 15 is 0 Å². The van der Waals surface area contributed by atoms with E-state index in [1.807, 2.05) is 19.1 Å². The topological polar surface area (TPSA) is 72.2 Å². The van der Waals surface area contributed by atoms with Crippen molar-refractivity contribution in [1.29, 1.82) is 0 Å². The highest BCUT2D eigenvalue weighted by molar-refractivity contribution is 7.89. The average molecular weight is 266 g/mol. The van der Waals surface area contributed by atoms with Crippen LogP contribution in [0.15, 0.2) is 46.2 Å². The van der Waals surface area contributed by atoms with E-state index < -0.39 is 10.0 Å². The number of oxazole rings is 1. The monoisotopic (exact) mass is 266 g/mol. The Morgan fingerprint density at radius 2 is 2.00 bits per heavy atom. The first kappa shape index (κ1) is 12.8. The van der Waals surface area contributed by atoms with Gasteiger partial charge in [0, 0.05) is 0 Å². The average Bonchev–Trinajstić information content (AvgIpc) is 2.90. The summed E-state index contributed by atoms with van der Waals surface area (Å²) in [5, 5.41) is 0. The van der Waals surface area contributed by atoms with Crippen LogP contribution in [0.5, 0.6) is 0 Å². The molecule has 2 aromatic rings. The van der Waals surface area contributed by atoms with Crippen molar-refractivity contribution in [2.75, 3.05) is 0 Å². The highest BCUT2D eigenvalue weighted by Crippen LogP contribution is 2.11. The molecule has 6 heteroatoms. The summed E-state index contributed by atoms with van der Waals surface area (Å²) in [7, 11) is -3.49. The van der Waals surface area contributed by atoms with Gasteiger partial charge in [-0.3, -0.25) is 0 Å². The van der Waals surface area contributed by atoms with Gasteiger partial charge in [0.15, 0.2) is 6.39 Å². The van der Waals surface area contributed by atoms with Crippen LogP contribution in [0.1, 0.15) is 18.2 Å². The predicted octanol–water partition coefficient (Wildman–Crippen LogP) is 1.72. The second-order valence-corrected chi connectivity index (χ2v) is 5.57. The van der Waals surface area contributed by atoms with Crippen LogP contribution in [0.3, 0.4) is 0 Å². The van der Waals surface area contributed by atoms with Gasteiger partial charge in [0.25, 0.3) is 0 Å². The molecule has 96 valence electrons. The lowest BCUT2D eigenvalue weighted by molar-refractivity contribution is 0.555. The highest BCUT2D eigenvalue weighted by atomic mass is 32.2. The Balaban J connectivity index is 2.09. The number of nitrogens with one attached hydrogen (secondary N) is 1. The molecule has 0 unspecified atom stereocenters. The van der Waals surface area contributed by atoms with Crippen LogP contribution in [-0.2, 0) is 23.0 Å². The van der Waals surface area contributed by atoms with E-state index in [0.717, 1.165) is 12.0 Å². The van der Waals surface area contributed by atoms with Gasteiger partial charge in [-0.2, -0.15) is 0 Å². The molecule has 0 aliphatic rings. The van der Waals surface area contributed by atoms with Crippen LogP contribution in [0, 0.1) is 0 Å². The molecule has 0 bridgehead atoms. The van der Waals surface area contributed by atoms with Crippen LogP contribution in [0.2, 0.25) is 0 Å². The van der Waals surface area contributed by atoms with Gasteiger partial charge in [-0.15, -0.1) is 0 Å². The van der Waals surface area contributed by atoms with E-state index in [-0.39, 0.29) is 11.4 Å². The Hall–Kier alpha value is -1.66. The number of sulfonamides is 1. The molecule has 0 atom stereocenters. The molecule has 2 rings (SSSR count). The third-order valence-electron chi connectivity index (χ3n) is 2.57. The Morgan fingerprint density at radius 1 is 1.28 bits per heavy atom. The SMILES string of the molecule is CCc1ccc(S(=O)(=O)NCc2cocn2)cc1. The second kappa shape index (κ2) is 5.32. The van der Waals surface area contributed by atoms with Gasteiger partial charge in [-0.1, -0.05) is 19.1 Å².